The first kappa shape index (κ1) is 24.4. The van der Waals surface area contributed by atoms with Gasteiger partial charge in [0.1, 0.15) is 5.75 Å². The molecule has 2 aromatic carbocycles. The average molecular weight is 416 g/mol. The van der Waals surface area contributed by atoms with Crippen molar-refractivity contribution in [1.82, 2.24) is 0 Å². The topological polar surface area (TPSA) is 35.5 Å². The van der Waals surface area contributed by atoms with Gasteiger partial charge in [-0.1, -0.05) is 12.1 Å². The van der Waals surface area contributed by atoms with Crippen LogP contribution in [0.15, 0.2) is 36.4 Å². The van der Waals surface area contributed by atoms with E-state index >= 15 is 0 Å². The number of carbonyl (C=O) groups is 1. The minimum atomic E-state index is -5.12. The van der Waals surface area contributed by atoms with Gasteiger partial charge in [-0.2, -0.15) is 31.6 Å². The Bertz CT molecular complexity index is 820. The van der Waals surface area contributed by atoms with Gasteiger partial charge >= 0.3 is 31.2 Å². The molecule has 0 fully saturated rings. The number of hydrogen-bond acceptors (Lipinski definition) is 3. The number of hydrogen-bond donors (Lipinski definition) is 0. The van der Waals surface area contributed by atoms with Crippen molar-refractivity contribution in [2.75, 3.05) is 14.2 Å². The third-order valence-electron chi connectivity index (χ3n) is 3.50. The maximum Gasteiger partial charge on any atom is 1.00 e. The van der Waals surface area contributed by atoms with Crippen molar-refractivity contribution in [2.24, 2.45) is 0 Å². The third kappa shape index (κ3) is 5.44. The van der Waals surface area contributed by atoms with Crippen molar-refractivity contribution in [3.63, 3.8) is 0 Å². The van der Waals surface area contributed by atoms with E-state index < -0.39 is 43.1 Å². The van der Waals surface area contributed by atoms with E-state index in [4.69, 9.17) is 9.47 Å². The molecule has 0 heterocycles. The van der Waals surface area contributed by atoms with E-state index in [9.17, 15) is 31.1 Å². The second-order valence-corrected chi connectivity index (χ2v) is 6.29. The van der Waals surface area contributed by atoms with E-state index in [-0.39, 0.29) is 29.9 Å². The van der Waals surface area contributed by atoms with Crippen molar-refractivity contribution in [2.45, 2.75) is 12.4 Å². The zero-order valence-electron chi connectivity index (χ0n) is 14.9. The fourth-order valence-electron chi connectivity index (χ4n) is 2.30. The van der Waals surface area contributed by atoms with Crippen LogP contribution in [0.4, 0.5) is 26.3 Å². The van der Waals surface area contributed by atoms with Crippen molar-refractivity contribution >= 4 is 19.4 Å². The molecule has 2 aromatic rings. The van der Waals surface area contributed by atoms with E-state index in [1.54, 1.807) is 0 Å². The molecule has 28 heavy (non-hydrogen) atoms. The van der Waals surface area contributed by atoms with Gasteiger partial charge < -0.3 is 22.8 Å². The first-order chi connectivity index (χ1) is 12.5. The SMILES string of the molecule is COc1ccc([P-]C(=O)c2c(C(F)(F)F)cccc2C(F)(F)F)c(OC)c1.[Li+]. The minimum Gasteiger partial charge on any atom is -0.499 e. The fourth-order valence-corrected chi connectivity index (χ4v) is 3.28. The Hall–Kier alpha value is -1.68. The molecule has 0 saturated heterocycles. The molecule has 0 radical (unpaired) electrons. The van der Waals surface area contributed by atoms with Crippen LogP contribution in [0, 0.1) is 0 Å². The maximum atomic E-state index is 13.2. The van der Waals surface area contributed by atoms with Crippen LogP contribution in [0.5, 0.6) is 11.5 Å². The second-order valence-electron chi connectivity index (χ2n) is 5.18. The van der Waals surface area contributed by atoms with Gasteiger partial charge in [0.25, 0.3) is 0 Å². The molecule has 0 atom stereocenters. The van der Waals surface area contributed by atoms with Crippen molar-refractivity contribution < 1.29 is 59.5 Å². The summed E-state index contributed by atoms with van der Waals surface area (Å²) in [7, 11) is 2.22. The standard InChI is InChI=1S/C17H12F6O3P.Li/c1-25-9-6-7-13(12(8-9)26-2)27-15(24)14-10(16(18,19)20)4-3-5-11(14)17(21,22)23;/h3-8H,1-2H3;/q-1;+1. The van der Waals surface area contributed by atoms with Crippen LogP contribution in [0.1, 0.15) is 21.5 Å². The van der Waals surface area contributed by atoms with E-state index in [2.05, 4.69) is 0 Å². The Balaban J connectivity index is 0.00000392. The summed E-state index contributed by atoms with van der Waals surface area (Å²) in [6.07, 6.45) is -10.2. The summed E-state index contributed by atoms with van der Waals surface area (Å²) in [5, 5.41) is 0.105. The number of benzene rings is 2. The molecule has 146 valence electrons. The van der Waals surface area contributed by atoms with Crippen LogP contribution in [0.25, 0.3) is 0 Å². The molecule has 3 nitrogen and oxygen atoms in total. The third-order valence-corrected chi connectivity index (χ3v) is 4.54. The van der Waals surface area contributed by atoms with Crippen molar-refractivity contribution in [1.29, 1.82) is 0 Å². The Labute approximate surface area is 170 Å². The predicted octanol–water partition coefficient (Wildman–Crippen LogP) is 2.16. The second kappa shape index (κ2) is 9.21. The first-order valence-corrected chi connectivity index (χ1v) is 8.14. The molecular weight excluding hydrogens is 404 g/mol. The monoisotopic (exact) mass is 416 g/mol. The minimum absolute atomic E-state index is 0. The van der Waals surface area contributed by atoms with E-state index in [1.807, 2.05) is 0 Å². The summed E-state index contributed by atoms with van der Waals surface area (Å²) in [4.78, 5) is 12.5. The molecule has 0 bridgehead atoms. The van der Waals surface area contributed by atoms with Gasteiger partial charge in [0.15, 0.2) is 0 Å². The van der Waals surface area contributed by atoms with E-state index in [0.29, 0.717) is 23.9 Å². The van der Waals surface area contributed by atoms with E-state index in [1.165, 1.54) is 32.4 Å². The van der Waals surface area contributed by atoms with Gasteiger partial charge in [-0.15, -0.1) is 0 Å². The summed E-state index contributed by atoms with van der Waals surface area (Å²) >= 11 is 0. The van der Waals surface area contributed by atoms with Gasteiger partial charge in [-0.25, -0.2) is 0 Å². The van der Waals surface area contributed by atoms with Crippen LogP contribution in [0.2, 0.25) is 0 Å². The van der Waals surface area contributed by atoms with Gasteiger partial charge in [-0.3, -0.25) is 0 Å². The molecule has 11 heteroatoms. The van der Waals surface area contributed by atoms with Gasteiger partial charge in [0.2, 0.25) is 0 Å². The average Bonchev–Trinajstić information content (AvgIpc) is 2.59. The molecule has 0 aliphatic carbocycles. The van der Waals surface area contributed by atoms with Crippen LogP contribution in [0.3, 0.4) is 0 Å². The molecule has 0 amide bonds. The van der Waals surface area contributed by atoms with Crippen LogP contribution < -0.4 is 33.6 Å². The van der Waals surface area contributed by atoms with Crippen LogP contribution >= 0.6 is 8.58 Å². The van der Waals surface area contributed by atoms with Crippen LogP contribution in [-0.2, 0) is 12.4 Å². The molecule has 2 rings (SSSR count). The molecule has 0 N–H and O–H groups in total. The van der Waals surface area contributed by atoms with Gasteiger partial charge in [-0.05, 0) is 18.2 Å². The smallest absolute Gasteiger partial charge is 0.499 e. The number of ether oxygens (including phenoxy) is 2. The number of rotatable bonds is 5. The predicted molar refractivity (Wildman–Crippen MR) is 86.9 cm³/mol. The molecule has 0 spiro atoms. The van der Waals surface area contributed by atoms with E-state index in [0.717, 1.165) is 0 Å². The zero-order valence-corrected chi connectivity index (χ0v) is 15.8. The number of alkyl halides is 6. The van der Waals surface area contributed by atoms with Gasteiger partial charge in [0.05, 0.1) is 31.1 Å². The molecule has 0 aromatic heterocycles. The summed E-state index contributed by atoms with van der Waals surface area (Å²) in [6.45, 7) is 0. The van der Waals surface area contributed by atoms with Crippen molar-refractivity contribution in [3.05, 3.63) is 53.1 Å². The molecule has 0 aliphatic rings. The summed E-state index contributed by atoms with van der Waals surface area (Å²) in [5.41, 5.74) is -6.04. The Morgan fingerprint density at radius 3 is 1.86 bits per heavy atom. The molecular formula is C17H12F6LiO3P. The molecule has 0 unspecified atom stereocenters. The molecule has 0 saturated carbocycles. The summed E-state index contributed by atoms with van der Waals surface area (Å²) in [6, 6.07) is 5.63. The summed E-state index contributed by atoms with van der Waals surface area (Å²) in [5.74, 6) is 0.451. The largest absolute Gasteiger partial charge is 1.00 e. The maximum absolute atomic E-state index is 13.2. The number of carbonyl (C=O) groups excluding carboxylic acids is 1. The quantitative estimate of drug-likeness (QED) is 0.426. The van der Waals surface area contributed by atoms with Gasteiger partial charge in [0, 0.05) is 17.2 Å². The number of methoxy groups -OCH3 is 2. The molecule has 0 aliphatic heterocycles. The first-order valence-electron chi connectivity index (χ1n) is 7.24. The normalized spacial score (nSPS) is 12.0. The van der Waals surface area contributed by atoms with Crippen molar-refractivity contribution in [3.8, 4) is 11.5 Å². The van der Waals surface area contributed by atoms with Crippen LogP contribution in [-0.4, -0.2) is 19.7 Å². The Kier molecular flexibility index (Phi) is 8.01. The number of halogens is 6. The fraction of sp³-hybridized carbons (Fsp3) is 0.235. The Morgan fingerprint density at radius 2 is 1.43 bits per heavy atom. The summed E-state index contributed by atoms with van der Waals surface area (Å²) < 4.78 is 89.2. The Morgan fingerprint density at radius 1 is 0.893 bits per heavy atom. The zero-order chi connectivity index (χ0) is 20.4.